The first kappa shape index (κ1) is 11.2. The van der Waals surface area contributed by atoms with Crippen LogP contribution in [-0.2, 0) is 0 Å². The van der Waals surface area contributed by atoms with Crippen LogP contribution in [0, 0.1) is 18.8 Å². The van der Waals surface area contributed by atoms with Crippen molar-refractivity contribution in [1.29, 1.82) is 0 Å². The predicted molar refractivity (Wildman–Crippen MR) is 59.9 cm³/mol. The summed E-state index contributed by atoms with van der Waals surface area (Å²) >= 11 is 0. The van der Waals surface area contributed by atoms with Gasteiger partial charge in [-0.15, -0.1) is 0 Å². The zero-order chi connectivity index (χ0) is 10.7. The van der Waals surface area contributed by atoms with Gasteiger partial charge in [-0.05, 0) is 29.9 Å². The van der Waals surface area contributed by atoms with Crippen LogP contribution < -0.4 is 5.73 Å². The molecule has 0 saturated carbocycles. The summed E-state index contributed by atoms with van der Waals surface area (Å²) in [5, 5.41) is 0. The Bertz CT molecular complexity index is 294. The molecule has 0 aromatic carbocycles. The van der Waals surface area contributed by atoms with Gasteiger partial charge in [0.15, 0.2) is 0 Å². The van der Waals surface area contributed by atoms with Crippen molar-refractivity contribution < 1.29 is 0 Å². The fraction of sp³-hybridized carbons (Fsp3) is 0.583. The number of nitrogens with zero attached hydrogens (tertiary/aromatic N) is 1. The third-order valence-corrected chi connectivity index (χ3v) is 2.90. The summed E-state index contributed by atoms with van der Waals surface area (Å²) in [4.78, 5) is 4.17. The highest BCUT2D eigenvalue weighted by molar-refractivity contribution is 5.20. The number of aromatic nitrogens is 1. The van der Waals surface area contributed by atoms with E-state index in [0.717, 1.165) is 5.56 Å². The molecule has 0 aliphatic heterocycles. The molecule has 0 spiro atoms. The van der Waals surface area contributed by atoms with Gasteiger partial charge in [0, 0.05) is 18.4 Å². The van der Waals surface area contributed by atoms with E-state index in [1.807, 2.05) is 19.3 Å². The van der Waals surface area contributed by atoms with Crippen LogP contribution in [0.3, 0.4) is 0 Å². The molecule has 0 bridgehead atoms. The lowest BCUT2D eigenvalue weighted by atomic mass is 9.87. The number of rotatable bonds is 3. The van der Waals surface area contributed by atoms with Crippen LogP contribution in [0.25, 0.3) is 0 Å². The van der Waals surface area contributed by atoms with Crippen molar-refractivity contribution in [1.82, 2.24) is 4.98 Å². The summed E-state index contributed by atoms with van der Waals surface area (Å²) in [6.07, 6.45) is 3.73. The minimum atomic E-state index is 0.0994. The molecule has 1 heterocycles. The van der Waals surface area contributed by atoms with Crippen LogP contribution in [0.1, 0.15) is 37.9 Å². The van der Waals surface area contributed by atoms with Crippen LogP contribution in [0.4, 0.5) is 0 Å². The van der Waals surface area contributed by atoms with Crippen LogP contribution in [-0.4, -0.2) is 4.98 Å². The van der Waals surface area contributed by atoms with Gasteiger partial charge in [-0.3, -0.25) is 4.98 Å². The van der Waals surface area contributed by atoms with E-state index in [1.165, 1.54) is 5.56 Å². The number of nitrogens with two attached hydrogens (primary N) is 1. The van der Waals surface area contributed by atoms with Gasteiger partial charge in [0.25, 0.3) is 0 Å². The van der Waals surface area contributed by atoms with E-state index >= 15 is 0 Å². The van der Waals surface area contributed by atoms with Crippen LogP contribution in [0.15, 0.2) is 18.5 Å². The Kier molecular flexibility index (Phi) is 3.64. The maximum Gasteiger partial charge on any atom is 0.0338 e. The minimum Gasteiger partial charge on any atom is -0.324 e. The normalized spacial score (nSPS) is 15.6. The predicted octanol–water partition coefficient (Wildman–Crippen LogP) is 2.68. The third kappa shape index (κ3) is 2.55. The summed E-state index contributed by atoms with van der Waals surface area (Å²) in [6.45, 7) is 8.64. The monoisotopic (exact) mass is 192 g/mol. The molecule has 2 atom stereocenters. The first-order valence-electron chi connectivity index (χ1n) is 5.19. The molecule has 1 aromatic rings. The number of hydrogen-bond acceptors (Lipinski definition) is 2. The minimum absolute atomic E-state index is 0.0994. The lowest BCUT2D eigenvalue weighted by Crippen LogP contribution is -2.23. The van der Waals surface area contributed by atoms with Gasteiger partial charge in [-0.1, -0.05) is 26.8 Å². The van der Waals surface area contributed by atoms with Gasteiger partial charge in [0.2, 0.25) is 0 Å². The molecule has 0 fully saturated rings. The van der Waals surface area contributed by atoms with Gasteiger partial charge >= 0.3 is 0 Å². The van der Waals surface area contributed by atoms with Gasteiger partial charge < -0.3 is 5.73 Å². The second kappa shape index (κ2) is 4.56. The molecule has 0 aliphatic rings. The molecule has 2 unspecified atom stereocenters. The lowest BCUT2D eigenvalue weighted by Gasteiger charge is -2.23. The lowest BCUT2D eigenvalue weighted by molar-refractivity contribution is 0.352. The summed E-state index contributed by atoms with van der Waals surface area (Å²) in [5.74, 6) is 1.09. The molecule has 14 heavy (non-hydrogen) atoms. The molecule has 0 radical (unpaired) electrons. The van der Waals surface area contributed by atoms with Crippen molar-refractivity contribution >= 4 is 0 Å². The summed E-state index contributed by atoms with van der Waals surface area (Å²) in [6, 6.07) is 2.22. The maximum atomic E-state index is 6.17. The summed E-state index contributed by atoms with van der Waals surface area (Å²) < 4.78 is 0. The van der Waals surface area contributed by atoms with Crippen LogP contribution in [0.2, 0.25) is 0 Å². The van der Waals surface area contributed by atoms with Crippen molar-refractivity contribution in [2.45, 2.75) is 33.7 Å². The molecule has 0 amide bonds. The zero-order valence-corrected chi connectivity index (χ0v) is 9.49. The Hall–Kier alpha value is -0.890. The van der Waals surface area contributed by atoms with Crippen molar-refractivity contribution in [3.05, 3.63) is 29.6 Å². The third-order valence-electron chi connectivity index (χ3n) is 2.90. The van der Waals surface area contributed by atoms with E-state index in [-0.39, 0.29) is 6.04 Å². The number of aryl methyl sites for hydroxylation is 1. The Morgan fingerprint density at radius 1 is 1.21 bits per heavy atom. The SMILES string of the molecule is Cc1cncc(C(N)C(C)C(C)C)c1. The Balaban J connectivity index is 2.83. The highest BCUT2D eigenvalue weighted by atomic mass is 14.7. The standard InChI is InChI=1S/C12H20N2/c1-8(2)10(4)12(13)11-5-9(3)6-14-7-11/h5-8,10,12H,13H2,1-4H3. The summed E-state index contributed by atoms with van der Waals surface area (Å²) in [5.41, 5.74) is 8.49. The molecule has 2 heteroatoms. The number of hydrogen-bond donors (Lipinski definition) is 1. The Labute approximate surface area is 86.5 Å². The average Bonchev–Trinajstić information content (AvgIpc) is 2.15. The molecule has 2 N–H and O–H groups in total. The van der Waals surface area contributed by atoms with Gasteiger partial charge in [-0.2, -0.15) is 0 Å². The molecule has 2 nitrogen and oxygen atoms in total. The van der Waals surface area contributed by atoms with Crippen LogP contribution in [0.5, 0.6) is 0 Å². The molecule has 1 rings (SSSR count). The first-order chi connectivity index (χ1) is 6.52. The fourth-order valence-corrected chi connectivity index (χ4v) is 1.48. The molecule has 0 aliphatic carbocycles. The largest absolute Gasteiger partial charge is 0.324 e. The van der Waals surface area contributed by atoms with Gasteiger partial charge in [0.05, 0.1) is 0 Å². The van der Waals surface area contributed by atoms with E-state index in [2.05, 4.69) is 31.8 Å². The van der Waals surface area contributed by atoms with Gasteiger partial charge in [-0.25, -0.2) is 0 Å². The zero-order valence-electron chi connectivity index (χ0n) is 9.49. The Morgan fingerprint density at radius 2 is 1.86 bits per heavy atom. The molecule has 0 saturated heterocycles. The van der Waals surface area contributed by atoms with E-state index < -0.39 is 0 Å². The quantitative estimate of drug-likeness (QED) is 0.799. The molecule has 1 aromatic heterocycles. The van der Waals surface area contributed by atoms with Crippen molar-refractivity contribution in [2.75, 3.05) is 0 Å². The molecule has 78 valence electrons. The van der Waals surface area contributed by atoms with Gasteiger partial charge in [0.1, 0.15) is 0 Å². The van der Waals surface area contributed by atoms with E-state index in [1.54, 1.807) is 0 Å². The van der Waals surface area contributed by atoms with Crippen molar-refractivity contribution in [3.63, 3.8) is 0 Å². The maximum absolute atomic E-state index is 6.17. The smallest absolute Gasteiger partial charge is 0.0338 e. The topological polar surface area (TPSA) is 38.9 Å². The second-order valence-corrected chi connectivity index (χ2v) is 4.42. The highest BCUT2D eigenvalue weighted by Crippen LogP contribution is 2.25. The Morgan fingerprint density at radius 3 is 2.36 bits per heavy atom. The van der Waals surface area contributed by atoms with Crippen molar-refractivity contribution in [3.8, 4) is 0 Å². The van der Waals surface area contributed by atoms with Crippen molar-refractivity contribution in [2.24, 2.45) is 17.6 Å². The molecular formula is C12H20N2. The molecular weight excluding hydrogens is 172 g/mol. The summed E-state index contributed by atoms with van der Waals surface area (Å²) in [7, 11) is 0. The van der Waals surface area contributed by atoms with Crippen LogP contribution >= 0.6 is 0 Å². The number of pyridine rings is 1. The van der Waals surface area contributed by atoms with E-state index in [4.69, 9.17) is 5.73 Å². The van der Waals surface area contributed by atoms with E-state index in [0.29, 0.717) is 11.8 Å². The highest BCUT2D eigenvalue weighted by Gasteiger charge is 2.18. The first-order valence-corrected chi connectivity index (χ1v) is 5.19. The second-order valence-electron chi connectivity index (χ2n) is 4.42. The van der Waals surface area contributed by atoms with E-state index in [9.17, 15) is 0 Å². The fourth-order valence-electron chi connectivity index (χ4n) is 1.48. The average molecular weight is 192 g/mol.